The van der Waals surface area contributed by atoms with Crippen LogP contribution in [-0.4, -0.2) is 36.5 Å². The van der Waals surface area contributed by atoms with Crippen LogP contribution in [0, 0.1) is 11.8 Å². The molecule has 100 valence electrons. The minimum absolute atomic E-state index is 0.353. The molecule has 1 amide bonds. The molecule has 2 atom stereocenters. The summed E-state index contributed by atoms with van der Waals surface area (Å²) in [4.78, 5) is 14.0. The van der Waals surface area contributed by atoms with Gasteiger partial charge in [-0.15, -0.1) is 0 Å². The van der Waals surface area contributed by atoms with Crippen LogP contribution in [0.4, 0.5) is 0 Å². The number of nitrogens with one attached hydrogen (secondary N) is 1. The fourth-order valence-electron chi connectivity index (χ4n) is 2.24. The molecule has 1 fully saturated rings. The van der Waals surface area contributed by atoms with E-state index in [2.05, 4.69) is 37.9 Å². The van der Waals surface area contributed by atoms with E-state index in [9.17, 15) is 4.79 Å². The van der Waals surface area contributed by atoms with Gasteiger partial charge in [-0.25, -0.2) is 0 Å². The van der Waals surface area contributed by atoms with Gasteiger partial charge in [0.15, 0.2) is 0 Å². The second-order valence-electron chi connectivity index (χ2n) is 5.94. The number of rotatable bonds is 5. The predicted octanol–water partition coefficient (Wildman–Crippen LogP) is 2.27. The lowest BCUT2D eigenvalue weighted by Crippen LogP contribution is -2.38. The molecule has 1 heterocycles. The van der Waals surface area contributed by atoms with Crippen LogP contribution in [0.3, 0.4) is 0 Å². The summed E-state index contributed by atoms with van der Waals surface area (Å²) in [5.74, 6) is 1.59. The highest BCUT2D eigenvalue weighted by Gasteiger charge is 2.21. The van der Waals surface area contributed by atoms with Gasteiger partial charge in [0.25, 0.3) is 0 Å². The van der Waals surface area contributed by atoms with E-state index in [4.69, 9.17) is 0 Å². The monoisotopic (exact) mass is 240 g/mol. The summed E-state index contributed by atoms with van der Waals surface area (Å²) in [6.07, 6.45) is 2.97. The summed E-state index contributed by atoms with van der Waals surface area (Å²) in [6, 6.07) is 0.525. The smallest absolute Gasteiger partial charge is 0.222 e. The fraction of sp³-hybridized carbons (Fsp3) is 0.929. The number of hydrogen-bond donors (Lipinski definition) is 1. The van der Waals surface area contributed by atoms with Gasteiger partial charge in [0.05, 0.1) is 0 Å². The number of carbonyl (C=O) groups excluding carboxylic acids is 1. The lowest BCUT2D eigenvalue weighted by molar-refractivity contribution is -0.131. The summed E-state index contributed by atoms with van der Waals surface area (Å²) in [5.41, 5.74) is 0. The predicted molar refractivity (Wildman–Crippen MR) is 71.9 cm³/mol. The maximum Gasteiger partial charge on any atom is 0.222 e. The maximum absolute atomic E-state index is 11.9. The Kier molecular flexibility index (Phi) is 5.96. The van der Waals surface area contributed by atoms with Crippen LogP contribution in [0.15, 0.2) is 0 Å². The Balaban J connectivity index is 2.35. The van der Waals surface area contributed by atoms with E-state index in [0.717, 1.165) is 38.9 Å². The molecule has 1 saturated heterocycles. The van der Waals surface area contributed by atoms with Crippen LogP contribution in [0.2, 0.25) is 0 Å². The SMILES string of the molecule is CC1CCC(=O)N(CC(C)CNC(C)C)CC1. The molecule has 3 heteroatoms. The molecule has 0 saturated carbocycles. The zero-order valence-corrected chi connectivity index (χ0v) is 11.8. The zero-order valence-electron chi connectivity index (χ0n) is 11.8. The van der Waals surface area contributed by atoms with Crippen LogP contribution in [-0.2, 0) is 4.79 Å². The first kappa shape index (κ1) is 14.5. The van der Waals surface area contributed by atoms with Crippen molar-refractivity contribution in [2.24, 2.45) is 11.8 Å². The molecule has 1 rings (SSSR count). The normalized spacial score (nSPS) is 23.9. The Hall–Kier alpha value is -0.570. The summed E-state index contributed by atoms with van der Waals surface area (Å²) < 4.78 is 0. The Morgan fingerprint density at radius 2 is 2.06 bits per heavy atom. The molecule has 2 unspecified atom stereocenters. The van der Waals surface area contributed by atoms with Gasteiger partial charge in [0.1, 0.15) is 0 Å². The first-order valence-corrected chi connectivity index (χ1v) is 7.00. The second kappa shape index (κ2) is 7.00. The molecular weight excluding hydrogens is 212 g/mol. The van der Waals surface area contributed by atoms with E-state index in [1.807, 2.05) is 0 Å². The van der Waals surface area contributed by atoms with Crippen molar-refractivity contribution in [2.75, 3.05) is 19.6 Å². The summed E-state index contributed by atoms with van der Waals surface area (Å²) in [7, 11) is 0. The Labute approximate surface area is 106 Å². The highest BCUT2D eigenvalue weighted by molar-refractivity contribution is 5.76. The molecule has 17 heavy (non-hydrogen) atoms. The second-order valence-corrected chi connectivity index (χ2v) is 5.94. The number of amides is 1. The molecule has 3 nitrogen and oxygen atoms in total. The molecule has 0 aromatic carbocycles. The molecule has 1 aliphatic rings. The standard InChI is InChI=1S/C14H28N2O/c1-11(2)15-9-13(4)10-16-8-7-12(3)5-6-14(16)17/h11-13,15H,5-10H2,1-4H3. The van der Waals surface area contributed by atoms with Crippen LogP contribution in [0.25, 0.3) is 0 Å². The average Bonchev–Trinajstić information content (AvgIpc) is 2.42. The van der Waals surface area contributed by atoms with Gasteiger partial charge in [-0.05, 0) is 31.2 Å². The van der Waals surface area contributed by atoms with Crippen molar-refractivity contribution in [1.29, 1.82) is 0 Å². The van der Waals surface area contributed by atoms with Gasteiger partial charge in [0, 0.05) is 25.6 Å². The van der Waals surface area contributed by atoms with Crippen molar-refractivity contribution >= 4 is 5.91 Å². The van der Waals surface area contributed by atoms with E-state index < -0.39 is 0 Å². The van der Waals surface area contributed by atoms with Gasteiger partial charge < -0.3 is 10.2 Å². The highest BCUT2D eigenvalue weighted by Crippen LogP contribution is 2.18. The summed E-state index contributed by atoms with van der Waals surface area (Å²) in [6.45, 7) is 11.6. The number of carbonyl (C=O) groups is 1. The molecule has 0 aromatic heterocycles. The zero-order chi connectivity index (χ0) is 12.8. The van der Waals surface area contributed by atoms with E-state index in [0.29, 0.717) is 23.8 Å². The van der Waals surface area contributed by atoms with E-state index in [1.165, 1.54) is 0 Å². The minimum atomic E-state index is 0.353. The average molecular weight is 240 g/mol. The van der Waals surface area contributed by atoms with Crippen LogP contribution < -0.4 is 5.32 Å². The van der Waals surface area contributed by atoms with Crippen LogP contribution in [0.5, 0.6) is 0 Å². The molecule has 0 radical (unpaired) electrons. The lowest BCUT2D eigenvalue weighted by Gasteiger charge is -2.25. The van der Waals surface area contributed by atoms with Gasteiger partial charge in [-0.2, -0.15) is 0 Å². The van der Waals surface area contributed by atoms with Crippen molar-refractivity contribution in [2.45, 2.75) is 53.0 Å². The van der Waals surface area contributed by atoms with Gasteiger partial charge in [0.2, 0.25) is 5.91 Å². The maximum atomic E-state index is 11.9. The molecule has 1 N–H and O–H groups in total. The third kappa shape index (κ3) is 5.53. The molecule has 0 aromatic rings. The summed E-state index contributed by atoms with van der Waals surface area (Å²) >= 11 is 0. The summed E-state index contributed by atoms with van der Waals surface area (Å²) in [5, 5.41) is 3.44. The Morgan fingerprint density at radius 3 is 2.71 bits per heavy atom. The third-order valence-electron chi connectivity index (χ3n) is 3.50. The lowest BCUT2D eigenvalue weighted by atomic mass is 10.0. The Bertz CT molecular complexity index is 240. The number of likely N-dealkylation sites (tertiary alicyclic amines) is 1. The van der Waals surface area contributed by atoms with Crippen molar-refractivity contribution in [3.63, 3.8) is 0 Å². The topological polar surface area (TPSA) is 32.3 Å². The van der Waals surface area contributed by atoms with Crippen molar-refractivity contribution in [3.8, 4) is 0 Å². The van der Waals surface area contributed by atoms with Crippen molar-refractivity contribution < 1.29 is 4.79 Å². The first-order chi connectivity index (χ1) is 7.99. The number of hydrogen-bond acceptors (Lipinski definition) is 2. The van der Waals surface area contributed by atoms with E-state index in [1.54, 1.807) is 0 Å². The minimum Gasteiger partial charge on any atom is -0.342 e. The molecule has 0 bridgehead atoms. The van der Waals surface area contributed by atoms with E-state index in [-0.39, 0.29) is 0 Å². The van der Waals surface area contributed by atoms with Gasteiger partial charge in [-0.3, -0.25) is 4.79 Å². The molecular formula is C14H28N2O. The molecule has 1 aliphatic heterocycles. The van der Waals surface area contributed by atoms with Gasteiger partial charge >= 0.3 is 0 Å². The number of nitrogens with zero attached hydrogens (tertiary/aromatic N) is 1. The van der Waals surface area contributed by atoms with Crippen molar-refractivity contribution in [3.05, 3.63) is 0 Å². The van der Waals surface area contributed by atoms with Crippen LogP contribution in [0.1, 0.15) is 47.0 Å². The van der Waals surface area contributed by atoms with Gasteiger partial charge in [-0.1, -0.05) is 27.7 Å². The Morgan fingerprint density at radius 1 is 1.35 bits per heavy atom. The fourth-order valence-corrected chi connectivity index (χ4v) is 2.24. The highest BCUT2D eigenvalue weighted by atomic mass is 16.2. The molecule has 0 spiro atoms. The largest absolute Gasteiger partial charge is 0.342 e. The molecule has 0 aliphatic carbocycles. The first-order valence-electron chi connectivity index (χ1n) is 7.00. The van der Waals surface area contributed by atoms with Crippen molar-refractivity contribution in [1.82, 2.24) is 10.2 Å². The van der Waals surface area contributed by atoms with Crippen LogP contribution >= 0.6 is 0 Å². The van der Waals surface area contributed by atoms with E-state index >= 15 is 0 Å². The quantitative estimate of drug-likeness (QED) is 0.799. The third-order valence-corrected chi connectivity index (χ3v) is 3.50.